The van der Waals surface area contributed by atoms with Gasteiger partial charge in [-0.15, -0.1) is 0 Å². The summed E-state index contributed by atoms with van der Waals surface area (Å²) < 4.78 is 5.79. The molecule has 10 nitrogen and oxygen atoms in total. The number of carbonyl (C=O) groups is 3. The van der Waals surface area contributed by atoms with Crippen molar-refractivity contribution >= 4 is 50.8 Å². The number of aromatic amines is 1. The Kier molecular flexibility index (Phi) is 3.60. The zero-order valence-corrected chi connectivity index (χ0v) is 14.6. The first-order chi connectivity index (χ1) is 13.2. The summed E-state index contributed by atoms with van der Waals surface area (Å²) in [6.07, 6.45) is 0. The molecule has 3 heterocycles. The molecule has 0 aliphatic rings. The quantitative estimate of drug-likeness (QED) is 0.414. The molecule has 142 valence electrons. The van der Waals surface area contributed by atoms with E-state index >= 15 is 0 Å². The fraction of sp³-hybridized carbons (Fsp3) is 0.167. The summed E-state index contributed by atoms with van der Waals surface area (Å²) in [5, 5.41) is 28.6. The van der Waals surface area contributed by atoms with Crippen molar-refractivity contribution in [2.75, 3.05) is 0 Å². The number of carboxylic acids is 3. The molecule has 0 saturated heterocycles. The number of carboxylic acid groups (broad SMARTS) is 3. The van der Waals surface area contributed by atoms with E-state index in [0.29, 0.717) is 11.3 Å². The summed E-state index contributed by atoms with van der Waals surface area (Å²) in [6, 6.07) is 2.25. The van der Waals surface area contributed by atoms with Crippen LogP contribution >= 0.6 is 0 Å². The van der Waals surface area contributed by atoms with Gasteiger partial charge in [-0.05, 0) is 12.1 Å². The van der Waals surface area contributed by atoms with Crippen molar-refractivity contribution < 1.29 is 34.1 Å². The van der Waals surface area contributed by atoms with Gasteiger partial charge in [-0.1, -0.05) is 13.8 Å². The topological polar surface area (TPSA) is 167 Å². The van der Waals surface area contributed by atoms with Crippen LogP contribution in [0, 0.1) is 0 Å². The number of fused-ring (bicyclic) bond motifs is 6. The van der Waals surface area contributed by atoms with E-state index in [-0.39, 0.29) is 50.4 Å². The molecule has 4 rings (SSSR count). The molecule has 10 heteroatoms. The third-order valence-electron chi connectivity index (χ3n) is 4.37. The number of H-pyrrole nitrogens is 1. The highest BCUT2D eigenvalue weighted by molar-refractivity contribution is 6.26. The summed E-state index contributed by atoms with van der Waals surface area (Å²) in [5.74, 6) is -3.79. The lowest BCUT2D eigenvalue weighted by Crippen LogP contribution is -2.07. The Morgan fingerprint density at radius 3 is 2.29 bits per heavy atom. The van der Waals surface area contributed by atoms with Crippen LogP contribution in [-0.4, -0.2) is 48.2 Å². The van der Waals surface area contributed by atoms with Crippen LogP contribution in [0.1, 0.15) is 57.0 Å². The largest absolute Gasteiger partial charge is 0.478 e. The Labute approximate surface area is 155 Å². The Bertz CT molecular complexity index is 1330. The molecule has 0 fully saturated rings. The van der Waals surface area contributed by atoms with E-state index in [2.05, 4.69) is 15.0 Å². The second-order valence-electron chi connectivity index (χ2n) is 6.55. The molecule has 3 aromatic heterocycles. The molecule has 0 amide bonds. The number of pyridine rings is 1. The van der Waals surface area contributed by atoms with Crippen molar-refractivity contribution in [3.05, 3.63) is 35.0 Å². The van der Waals surface area contributed by atoms with Crippen molar-refractivity contribution in [3.63, 3.8) is 0 Å². The normalized spacial score (nSPS) is 11.7. The highest BCUT2D eigenvalue weighted by Crippen LogP contribution is 2.37. The smallest absolute Gasteiger partial charge is 0.354 e. The zero-order chi connectivity index (χ0) is 20.3. The average Bonchev–Trinajstić information content (AvgIpc) is 3.25. The molecule has 0 spiro atoms. The highest BCUT2D eigenvalue weighted by atomic mass is 16.4. The number of oxazole rings is 1. The number of aromatic nitrogens is 3. The SMILES string of the molecule is CC(C)c1nc2c3[nH]c(C(=O)O)cc(C(=O)O)c3c3nc(C(=O)O)cc3c2o1. The number of benzene rings is 1. The van der Waals surface area contributed by atoms with Gasteiger partial charge >= 0.3 is 17.9 Å². The molecule has 0 saturated carbocycles. The van der Waals surface area contributed by atoms with Gasteiger partial charge in [-0.2, -0.15) is 0 Å². The van der Waals surface area contributed by atoms with Crippen molar-refractivity contribution in [3.8, 4) is 0 Å². The molecular weight excluding hydrogens is 370 g/mol. The maximum Gasteiger partial charge on any atom is 0.354 e. The van der Waals surface area contributed by atoms with Gasteiger partial charge in [0.25, 0.3) is 0 Å². The molecular formula is C18H13N3O7. The number of aromatic carboxylic acids is 3. The van der Waals surface area contributed by atoms with Crippen LogP contribution < -0.4 is 0 Å². The fourth-order valence-electron chi connectivity index (χ4n) is 3.12. The predicted octanol–water partition coefficient (Wildman–Crippen LogP) is 3.08. The molecule has 0 aliphatic carbocycles. The van der Waals surface area contributed by atoms with E-state index in [1.807, 2.05) is 13.8 Å². The van der Waals surface area contributed by atoms with Crippen LogP contribution in [0.5, 0.6) is 0 Å². The Balaban J connectivity index is 2.32. The summed E-state index contributed by atoms with van der Waals surface area (Å²) in [4.78, 5) is 45.8. The van der Waals surface area contributed by atoms with Crippen LogP contribution in [0.2, 0.25) is 0 Å². The van der Waals surface area contributed by atoms with E-state index < -0.39 is 17.9 Å². The van der Waals surface area contributed by atoms with Gasteiger partial charge in [0, 0.05) is 16.7 Å². The Morgan fingerprint density at radius 2 is 1.71 bits per heavy atom. The second kappa shape index (κ2) is 5.78. The molecule has 1 aromatic carbocycles. The molecule has 0 bridgehead atoms. The second-order valence-corrected chi connectivity index (χ2v) is 6.55. The lowest BCUT2D eigenvalue weighted by atomic mass is 10.0. The van der Waals surface area contributed by atoms with Gasteiger partial charge in [0.2, 0.25) is 0 Å². The highest BCUT2D eigenvalue weighted by Gasteiger charge is 2.25. The number of nitrogens with one attached hydrogen (secondary N) is 1. The van der Waals surface area contributed by atoms with E-state index in [1.54, 1.807) is 0 Å². The van der Waals surface area contributed by atoms with Gasteiger partial charge in [0.15, 0.2) is 11.5 Å². The van der Waals surface area contributed by atoms with E-state index in [1.165, 1.54) is 6.07 Å². The Morgan fingerprint density at radius 1 is 1.00 bits per heavy atom. The minimum absolute atomic E-state index is 0.0658. The third kappa shape index (κ3) is 2.38. The first-order valence-corrected chi connectivity index (χ1v) is 8.18. The third-order valence-corrected chi connectivity index (χ3v) is 4.37. The van der Waals surface area contributed by atoms with Gasteiger partial charge < -0.3 is 24.7 Å². The standard InChI is InChI=1S/C18H13N3O7/c1-5(2)15-21-13-12-10(6(16(22)23)3-8(20-12)17(24)25)11-7(14(13)28-15)4-9(19-11)18(26)27/h3-5,20H,1-2H3,(H,22,23)(H,24,25)(H,26,27). The van der Waals surface area contributed by atoms with Crippen molar-refractivity contribution in [1.82, 2.24) is 15.0 Å². The van der Waals surface area contributed by atoms with E-state index in [0.717, 1.165) is 6.07 Å². The first-order valence-electron chi connectivity index (χ1n) is 8.18. The van der Waals surface area contributed by atoms with Crippen LogP contribution in [-0.2, 0) is 0 Å². The lowest BCUT2D eigenvalue weighted by Gasteiger charge is -2.07. The van der Waals surface area contributed by atoms with Crippen LogP contribution in [0.3, 0.4) is 0 Å². The molecule has 4 aromatic rings. The number of rotatable bonds is 4. The number of hydrogen-bond donors (Lipinski definition) is 4. The molecule has 0 atom stereocenters. The monoisotopic (exact) mass is 383 g/mol. The minimum Gasteiger partial charge on any atom is -0.478 e. The van der Waals surface area contributed by atoms with E-state index in [4.69, 9.17) is 4.42 Å². The van der Waals surface area contributed by atoms with Crippen molar-refractivity contribution in [2.45, 2.75) is 19.8 Å². The van der Waals surface area contributed by atoms with E-state index in [9.17, 15) is 29.7 Å². The Hall–Kier alpha value is -3.95. The van der Waals surface area contributed by atoms with Crippen molar-refractivity contribution in [2.24, 2.45) is 0 Å². The first kappa shape index (κ1) is 17.5. The number of hydrogen-bond acceptors (Lipinski definition) is 6. The van der Waals surface area contributed by atoms with Gasteiger partial charge in [-0.3, -0.25) is 0 Å². The number of nitrogens with zero attached hydrogens (tertiary/aromatic N) is 2. The lowest BCUT2D eigenvalue weighted by molar-refractivity contribution is 0.0678. The molecule has 0 aliphatic heterocycles. The van der Waals surface area contributed by atoms with Gasteiger partial charge in [0.1, 0.15) is 16.9 Å². The van der Waals surface area contributed by atoms with Crippen molar-refractivity contribution in [1.29, 1.82) is 0 Å². The summed E-state index contributed by atoms with van der Waals surface area (Å²) in [6.45, 7) is 3.68. The molecule has 0 radical (unpaired) electrons. The van der Waals surface area contributed by atoms with Crippen LogP contribution in [0.25, 0.3) is 32.9 Å². The zero-order valence-electron chi connectivity index (χ0n) is 14.6. The summed E-state index contributed by atoms with van der Waals surface area (Å²) in [5.41, 5.74) is -0.373. The predicted molar refractivity (Wildman–Crippen MR) is 96.1 cm³/mol. The van der Waals surface area contributed by atoms with Crippen LogP contribution in [0.15, 0.2) is 16.5 Å². The minimum atomic E-state index is -1.38. The van der Waals surface area contributed by atoms with Crippen LogP contribution in [0.4, 0.5) is 0 Å². The summed E-state index contributed by atoms with van der Waals surface area (Å²) in [7, 11) is 0. The molecule has 0 unspecified atom stereocenters. The average molecular weight is 383 g/mol. The van der Waals surface area contributed by atoms with Gasteiger partial charge in [0.05, 0.1) is 16.6 Å². The maximum absolute atomic E-state index is 11.8. The fourth-order valence-corrected chi connectivity index (χ4v) is 3.12. The molecule has 28 heavy (non-hydrogen) atoms. The molecule has 4 N–H and O–H groups in total. The van der Waals surface area contributed by atoms with Gasteiger partial charge in [-0.25, -0.2) is 24.4 Å². The maximum atomic E-state index is 11.8. The summed E-state index contributed by atoms with van der Waals surface area (Å²) >= 11 is 0.